The number of hydrogen-bond acceptors (Lipinski definition) is 16. The highest BCUT2D eigenvalue weighted by Crippen LogP contribution is 2.13. The molecular formula is C35H54N8O17. The molecule has 0 radical (unpaired) electrons. The highest BCUT2D eigenvalue weighted by molar-refractivity contribution is 5.98. The summed E-state index contributed by atoms with van der Waals surface area (Å²) in [7, 11) is 0. The largest absolute Gasteiger partial charge is 0.508 e. The van der Waals surface area contributed by atoms with Crippen LogP contribution in [-0.2, 0) is 49.6 Å². The van der Waals surface area contributed by atoms with E-state index in [0.29, 0.717) is 5.56 Å². The van der Waals surface area contributed by atoms with Gasteiger partial charge in [-0.25, -0.2) is 4.79 Å². The maximum atomic E-state index is 13.5. The molecule has 7 amide bonds. The second-order valence-electron chi connectivity index (χ2n) is 13.9. The molecule has 1 rings (SSSR count). The van der Waals surface area contributed by atoms with E-state index in [9.17, 15) is 84.0 Å². The highest BCUT2D eigenvalue weighted by Gasteiger charge is 2.38. The Morgan fingerprint density at radius 2 is 0.867 bits per heavy atom. The quantitative estimate of drug-likeness (QED) is 0.0459. The summed E-state index contributed by atoms with van der Waals surface area (Å²) in [6.07, 6.45) is -8.43. The number of carbonyl (C=O) groups excluding carboxylic acids is 7. The van der Waals surface area contributed by atoms with Gasteiger partial charge in [-0.15, -0.1) is 0 Å². The number of amides is 7. The summed E-state index contributed by atoms with van der Waals surface area (Å²) in [6, 6.07) is -9.04. The van der Waals surface area contributed by atoms with Crippen molar-refractivity contribution in [3.63, 3.8) is 0 Å². The zero-order valence-corrected chi connectivity index (χ0v) is 33.2. The molecule has 1 aromatic carbocycles. The standard InChI is InChI=1S/C35H54N8O17/c1-13(36)28(52)39-22(12-44)31(55)40-25(15(3)46)33(57)42-26(16(4)47)34(58)41-24(14(2)45)32(56)38-21(11-23(50)51)29(53)37-20(10-18-6-8-19(49)9-7-18)30(54)43-27(17(5)48)35(59)60/h6-9,13-17,20-22,24-27,44-49H,10-12,36H2,1-5H3,(H,37,53)(H,38,56)(H,39,52)(H,40,55)(H,41,58)(H,42,57)(H,43,54)(H,50,51)(H,59,60)/t13-,14+,15+,16+,17+,20-,21-,22-,24-,25-,26-,27-/m0/s1. The summed E-state index contributed by atoms with van der Waals surface area (Å²) in [5.41, 5.74) is 5.75. The first-order valence-electron chi connectivity index (χ1n) is 18.2. The van der Waals surface area contributed by atoms with Crippen molar-refractivity contribution in [2.45, 2.75) is 120 Å². The first kappa shape index (κ1) is 52.0. The monoisotopic (exact) mass is 858 g/mol. The molecule has 0 aromatic heterocycles. The van der Waals surface area contributed by atoms with Crippen molar-refractivity contribution in [3.8, 4) is 5.75 Å². The second kappa shape index (κ2) is 24.2. The molecule has 60 heavy (non-hydrogen) atoms. The van der Waals surface area contributed by atoms with Gasteiger partial charge in [0, 0.05) is 6.42 Å². The fraction of sp³-hybridized carbons (Fsp3) is 0.571. The molecule has 0 unspecified atom stereocenters. The second-order valence-corrected chi connectivity index (χ2v) is 13.9. The number of carboxylic acids is 2. The molecule has 17 N–H and O–H groups in total. The SMILES string of the molecule is C[C@H](N)C(=O)N[C@@H](CO)C(=O)N[C@H](C(=O)N[C@H](C(=O)N[C@H](C(=O)N[C@@H](CC(=O)O)C(=O)N[C@@H](Cc1ccc(O)cc1)C(=O)N[C@H](C(=O)O)[C@@H](C)O)[C@@H](C)O)[C@@H](C)O)[C@@H](C)O. The van der Waals surface area contributed by atoms with E-state index in [4.69, 9.17) is 5.73 Å². The summed E-state index contributed by atoms with van der Waals surface area (Å²) < 4.78 is 0. The van der Waals surface area contributed by atoms with Crippen LogP contribution in [0.2, 0.25) is 0 Å². The van der Waals surface area contributed by atoms with E-state index in [0.717, 1.165) is 27.7 Å². The Balaban J connectivity index is 3.33. The highest BCUT2D eigenvalue weighted by atomic mass is 16.4. The Hall–Kier alpha value is -5.99. The van der Waals surface area contributed by atoms with E-state index in [1.807, 2.05) is 10.6 Å². The fourth-order valence-electron chi connectivity index (χ4n) is 5.09. The maximum absolute atomic E-state index is 13.5. The number of aliphatic hydroxyl groups excluding tert-OH is 5. The van der Waals surface area contributed by atoms with Gasteiger partial charge in [0.15, 0.2) is 6.04 Å². The maximum Gasteiger partial charge on any atom is 0.328 e. The van der Waals surface area contributed by atoms with Gasteiger partial charge in [0.2, 0.25) is 41.4 Å². The summed E-state index contributed by atoms with van der Waals surface area (Å²) >= 11 is 0. The minimum atomic E-state index is -2.04. The lowest BCUT2D eigenvalue weighted by Gasteiger charge is -2.29. The van der Waals surface area contributed by atoms with Gasteiger partial charge in [-0.2, -0.15) is 0 Å². The van der Waals surface area contributed by atoms with Crippen LogP contribution in [0.5, 0.6) is 5.75 Å². The third kappa shape index (κ3) is 16.7. The molecule has 25 heteroatoms. The number of aliphatic hydroxyl groups is 5. The minimum absolute atomic E-state index is 0.166. The molecule has 25 nitrogen and oxygen atoms in total. The van der Waals surface area contributed by atoms with Crippen molar-refractivity contribution >= 4 is 53.3 Å². The molecule has 0 aliphatic rings. The van der Waals surface area contributed by atoms with Crippen molar-refractivity contribution < 1.29 is 84.0 Å². The number of phenols is 1. The summed E-state index contributed by atoms with van der Waals surface area (Å²) in [5.74, 6) is -12.0. The van der Waals surface area contributed by atoms with Gasteiger partial charge < -0.3 is 83.8 Å². The average Bonchev–Trinajstić information content (AvgIpc) is 3.14. The molecule has 0 aliphatic heterocycles. The zero-order chi connectivity index (χ0) is 46.2. The van der Waals surface area contributed by atoms with Gasteiger partial charge in [-0.05, 0) is 52.3 Å². The van der Waals surface area contributed by atoms with Crippen LogP contribution in [0.1, 0.15) is 46.6 Å². The van der Waals surface area contributed by atoms with Crippen LogP contribution in [-0.4, -0.2) is 173 Å². The van der Waals surface area contributed by atoms with E-state index in [2.05, 4.69) is 26.6 Å². The number of nitrogens with two attached hydrogens (primary N) is 1. The number of rotatable bonds is 24. The topological polar surface area (TPSA) is 426 Å². The van der Waals surface area contributed by atoms with Gasteiger partial charge in [0.25, 0.3) is 0 Å². The molecule has 0 heterocycles. The molecule has 0 fully saturated rings. The van der Waals surface area contributed by atoms with Crippen molar-refractivity contribution in [1.82, 2.24) is 37.2 Å². The number of nitrogens with one attached hydrogen (secondary N) is 7. The Morgan fingerprint density at radius 3 is 1.25 bits per heavy atom. The molecule has 0 saturated heterocycles. The van der Waals surface area contributed by atoms with Crippen LogP contribution in [0.3, 0.4) is 0 Å². The third-order valence-corrected chi connectivity index (χ3v) is 8.48. The smallest absolute Gasteiger partial charge is 0.328 e. The molecule has 336 valence electrons. The van der Waals surface area contributed by atoms with E-state index in [1.54, 1.807) is 0 Å². The molecular weight excluding hydrogens is 804 g/mol. The van der Waals surface area contributed by atoms with E-state index < -0.39 is 139 Å². The molecule has 0 spiro atoms. The number of carboxylic acid groups (broad SMARTS) is 2. The molecule has 0 bridgehead atoms. The van der Waals surface area contributed by atoms with Crippen LogP contribution in [0.4, 0.5) is 0 Å². The predicted octanol–water partition coefficient (Wildman–Crippen LogP) is -7.25. The molecule has 1 aromatic rings. The number of benzene rings is 1. The van der Waals surface area contributed by atoms with E-state index in [1.165, 1.54) is 31.2 Å². The number of aliphatic carboxylic acids is 2. The van der Waals surface area contributed by atoms with Gasteiger partial charge in [0.05, 0.1) is 43.5 Å². The summed E-state index contributed by atoms with van der Waals surface area (Å²) in [4.78, 5) is 115. The number of hydrogen-bond donors (Lipinski definition) is 16. The van der Waals surface area contributed by atoms with Crippen molar-refractivity contribution in [3.05, 3.63) is 29.8 Å². The molecule has 0 saturated carbocycles. The van der Waals surface area contributed by atoms with E-state index >= 15 is 0 Å². The molecule has 0 aliphatic carbocycles. The normalized spacial score (nSPS) is 17.1. The van der Waals surface area contributed by atoms with Crippen molar-refractivity contribution in [2.75, 3.05) is 6.61 Å². The first-order chi connectivity index (χ1) is 27.8. The lowest BCUT2D eigenvalue weighted by atomic mass is 10.0. The fourth-order valence-corrected chi connectivity index (χ4v) is 5.09. The Labute approximate surface area is 342 Å². The Bertz CT molecular complexity index is 1690. The third-order valence-electron chi connectivity index (χ3n) is 8.48. The van der Waals surface area contributed by atoms with Gasteiger partial charge in [0.1, 0.15) is 42.0 Å². The van der Waals surface area contributed by atoms with Crippen LogP contribution in [0.15, 0.2) is 24.3 Å². The predicted molar refractivity (Wildman–Crippen MR) is 203 cm³/mol. The average molecular weight is 859 g/mol. The van der Waals surface area contributed by atoms with Gasteiger partial charge in [-0.3, -0.25) is 38.4 Å². The molecule has 12 atom stereocenters. The lowest BCUT2D eigenvalue weighted by Crippen LogP contribution is -2.64. The van der Waals surface area contributed by atoms with Crippen molar-refractivity contribution in [2.24, 2.45) is 5.73 Å². The van der Waals surface area contributed by atoms with Crippen molar-refractivity contribution in [1.29, 1.82) is 0 Å². The number of aromatic hydroxyl groups is 1. The van der Waals surface area contributed by atoms with Crippen LogP contribution in [0.25, 0.3) is 0 Å². The first-order valence-corrected chi connectivity index (χ1v) is 18.2. The Morgan fingerprint density at radius 1 is 0.517 bits per heavy atom. The Kier molecular flexibility index (Phi) is 21.0. The van der Waals surface area contributed by atoms with E-state index in [-0.39, 0.29) is 12.2 Å². The van der Waals surface area contributed by atoms with Crippen LogP contribution < -0.4 is 43.0 Å². The lowest BCUT2D eigenvalue weighted by molar-refractivity contribution is -0.145. The summed E-state index contributed by atoms with van der Waals surface area (Å²) in [6.45, 7) is 4.46. The summed E-state index contributed by atoms with van der Waals surface area (Å²) in [5, 5.41) is 93.8. The van der Waals surface area contributed by atoms with Crippen LogP contribution in [0, 0.1) is 0 Å². The van der Waals surface area contributed by atoms with Gasteiger partial charge in [-0.1, -0.05) is 12.1 Å². The number of carbonyl (C=O) groups is 9. The number of phenolic OH excluding ortho intramolecular Hbond substituents is 1. The zero-order valence-electron chi connectivity index (χ0n) is 33.2. The van der Waals surface area contributed by atoms with Crippen LogP contribution >= 0.6 is 0 Å². The minimum Gasteiger partial charge on any atom is -0.508 e. The van der Waals surface area contributed by atoms with Gasteiger partial charge >= 0.3 is 11.9 Å².